The smallest absolute Gasteiger partial charge is 0.150 e. The fraction of sp³-hybridized carbons (Fsp3) is 0.522. The second kappa shape index (κ2) is 6.66. The lowest BCUT2D eigenvalue weighted by Gasteiger charge is -2.32. The first-order valence-electron chi connectivity index (χ1n) is 10.6. The Labute approximate surface area is 166 Å². The topological polar surface area (TPSA) is 54.9 Å². The molecule has 5 heteroatoms. The molecule has 2 N–H and O–H groups in total. The Morgan fingerprint density at radius 3 is 2.93 bits per heavy atom. The van der Waals surface area contributed by atoms with Crippen LogP contribution in [-0.4, -0.2) is 28.4 Å². The first-order chi connectivity index (χ1) is 13.5. The molecule has 1 aliphatic carbocycles. The van der Waals surface area contributed by atoms with Gasteiger partial charge in [-0.3, -0.25) is 0 Å². The van der Waals surface area contributed by atoms with Gasteiger partial charge in [-0.1, -0.05) is 19.9 Å². The maximum Gasteiger partial charge on any atom is 0.150 e. The van der Waals surface area contributed by atoms with Crippen LogP contribution < -0.4 is 5.32 Å². The molecule has 1 saturated heterocycles. The third kappa shape index (κ3) is 3.02. The van der Waals surface area contributed by atoms with E-state index in [-0.39, 0.29) is 6.23 Å². The van der Waals surface area contributed by atoms with Gasteiger partial charge in [0, 0.05) is 41.5 Å². The number of hydrogen-bond donors (Lipinski definition) is 2. The molecule has 5 nitrogen and oxygen atoms in total. The van der Waals surface area contributed by atoms with Gasteiger partial charge in [0.25, 0.3) is 0 Å². The molecule has 28 heavy (non-hydrogen) atoms. The van der Waals surface area contributed by atoms with Gasteiger partial charge in [0.1, 0.15) is 11.9 Å². The van der Waals surface area contributed by atoms with Crippen LogP contribution in [0.15, 0.2) is 24.3 Å². The molecule has 3 heterocycles. The molecule has 0 spiro atoms. The third-order valence-corrected chi connectivity index (χ3v) is 6.41. The zero-order valence-corrected chi connectivity index (χ0v) is 17.1. The van der Waals surface area contributed by atoms with E-state index in [0.29, 0.717) is 5.41 Å². The van der Waals surface area contributed by atoms with Crippen molar-refractivity contribution in [3.05, 3.63) is 35.5 Å². The normalized spacial score (nSPS) is 21.6. The van der Waals surface area contributed by atoms with Gasteiger partial charge >= 0.3 is 0 Å². The molecule has 0 bridgehead atoms. The summed E-state index contributed by atoms with van der Waals surface area (Å²) in [5.41, 5.74) is 7.61. The summed E-state index contributed by atoms with van der Waals surface area (Å²) in [5, 5.41) is 9.58. The van der Waals surface area contributed by atoms with E-state index >= 15 is 0 Å². The van der Waals surface area contributed by atoms with Crippen LogP contribution in [0.1, 0.15) is 57.0 Å². The van der Waals surface area contributed by atoms with Crippen molar-refractivity contribution in [2.75, 3.05) is 19.0 Å². The lowest BCUT2D eigenvalue weighted by molar-refractivity contribution is -0.0418. The first kappa shape index (κ1) is 17.8. The molecule has 0 radical (unpaired) electrons. The van der Waals surface area contributed by atoms with Crippen molar-refractivity contribution in [2.45, 2.75) is 58.6 Å². The molecule has 148 valence electrons. The van der Waals surface area contributed by atoms with Gasteiger partial charge in [-0.05, 0) is 62.1 Å². The number of rotatable bonds is 3. The molecule has 1 aliphatic heterocycles. The highest BCUT2D eigenvalue weighted by Crippen LogP contribution is 2.41. The zero-order valence-electron chi connectivity index (χ0n) is 17.1. The van der Waals surface area contributed by atoms with Gasteiger partial charge < -0.3 is 15.0 Å². The average molecular weight is 379 g/mol. The van der Waals surface area contributed by atoms with Crippen LogP contribution in [0.25, 0.3) is 22.3 Å². The molecule has 5 rings (SSSR count). The van der Waals surface area contributed by atoms with E-state index in [4.69, 9.17) is 9.84 Å². The molecule has 0 amide bonds. The SMILES string of the molecule is CNc1ccc2cc(-c3nn(C4CCCCO4)c4c3CCC(C)(C)C4)[nH]c2c1. The molecule has 0 saturated carbocycles. The van der Waals surface area contributed by atoms with Crippen LogP contribution >= 0.6 is 0 Å². The van der Waals surface area contributed by atoms with Crippen LogP contribution in [0, 0.1) is 5.41 Å². The van der Waals surface area contributed by atoms with Crippen LogP contribution in [0.4, 0.5) is 5.69 Å². The van der Waals surface area contributed by atoms with Crippen molar-refractivity contribution in [1.82, 2.24) is 14.8 Å². The van der Waals surface area contributed by atoms with E-state index in [1.54, 1.807) is 0 Å². The Hall–Kier alpha value is -2.27. The Kier molecular flexibility index (Phi) is 4.23. The molecular weight excluding hydrogens is 348 g/mol. The number of nitrogens with zero attached hydrogens (tertiary/aromatic N) is 2. The van der Waals surface area contributed by atoms with Crippen LogP contribution in [-0.2, 0) is 17.6 Å². The highest BCUT2D eigenvalue weighted by Gasteiger charge is 2.34. The molecule has 1 unspecified atom stereocenters. The van der Waals surface area contributed by atoms with Gasteiger partial charge in [-0.2, -0.15) is 5.10 Å². The maximum absolute atomic E-state index is 6.12. The number of nitrogens with one attached hydrogen (secondary N) is 2. The largest absolute Gasteiger partial charge is 0.388 e. The molecule has 2 aromatic heterocycles. The highest BCUT2D eigenvalue weighted by atomic mass is 16.5. The molecule has 1 aromatic carbocycles. The van der Waals surface area contributed by atoms with Gasteiger partial charge in [0.2, 0.25) is 0 Å². The maximum atomic E-state index is 6.12. The Morgan fingerprint density at radius 2 is 2.14 bits per heavy atom. The summed E-state index contributed by atoms with van der Waals surface area (Å²) in [6, 6.07) is 8.68. The minimum atomic E-state index is 0.0884. The van der Waals surface area contributed by atoms with Crippen molar-refractivity contribution in [2.24, 2.45) is 5.41 Å². The van der Waals surface area contributed by atoms with E-state index in [1.807, 2.05) is 7.05 Å². The van der Waals surface area contributed by atoms with E-state index in [9.17, 15) is 0 Å². The van der Waals surface area contributed by atoms with Crippen LogP contribution in [0.3, 0.4) is 0 Å². The molecule has 2 aliphatic rings. The summed E-state index contributed by atoms with van der Waals surface area (Å²) in [4.78, 5) is 3.62. The number of hydrogen-bond acceptors (Lipinski definition) is 3. The second-order valence-electron chi connectivity index (χ2n) is 9.12. The van der Waals surface area contributed by atoms with Gasteiger partial charge in [-0.25, -0.2) is 4.68 Å². The van der Waals surface area contributed by atoms with Crippen molar-refractivity contribution in [1.29, 1.82) is 0 Å². The number of ether oxygens (including phenoxy) is 1. The van der Waals surface area contributed by atoms with Crippen molar-refractivity contribution >= 4 is 16.6 Å². The first-order valence-corrected chi connectivity index (χ1v) is 10.6. The summed E-state index contributed by atoms with van der Waals surface area (Å²) < 4.78 is 8.34. The van der Waals surface area contributed by atoms with Crippen molar-refractivity contribution < 1.29 is 4.74 Å². The van der Waals surface area contributed by atoms with Crippen molar-refractivity contribution in [3.63, 3.8) is 0 Å². The van der Waals surface area contributed by atoms with Gasteiger partial charge in [0.05, 0.1) is 5.69 Å². The van der Waals surface area contributed by atoms with Crippen LogP contribution in [0.2, 0.25) is 0 Å². The fourth-order valence-electron chi connectivity index (χ4n) is 4.74. The molecule has 1 atom stereocenters. The van der Waals surface area contributed by atoms with Crippen molar-refractivity contribution in [3.8, 4) is 11.4 Å². The molecule has 1 fully saturated rings. The predicted octanol–water partition coefficient (Wildman–Crippen LogP) is 5.29. The monoisotopic (exact) mass is 378 g/mol. The molecule has 3 aromatic rings. The number of aromatic amines is 1. The minimum absolute atomic E-state index is 0.0884. The third-order valence-electron chi connectivity index (χ3n) is 6.41. The quantitative estimate of drug-likeness (QED) is 0.651. The highest BCUT2D eigenvalue weighted by molar-refractivity contribution is 5.88. The number of H-pyrrole nitrogens is 1. The summed E-state index contributed by atoms with van der Waals surface area (Å²) in [6.45, 7) is 5.59. The Bertz CT molecular complexity index is 1010. The number of benzene rings is 1. The van der Waals surface area contributed by atoms with Crippen LogP contribution in [0.5, 0.6) is 0 Å². The van der Waals surface area contributed by atoms with Gasteiger partial charge in [0.15, 0.2) is 0 Å². The van der Waals surface area contributed by atoms with E-state index in [2.05, 4.69) is 53.1 Å². The lowest BCUT2D eigenvalue weighted by Crippen LogP contribution is -2.27. The number of anilines is 1. The van der Waals surface area contributed by atoms with E-state index in [1.165, 1.54) is 29.5 Å². The standard InChI is InChI=1S/C23H30N4O/c1-23(2)10-9-17-20(14-23)27(21-6-4-5-11-28-21)26-22(17)19-12-15-7-8-16(24-3)13-18(15)25-19/h7-8,12-13,21,24-25H,4-6,9-11,14H2,1-3H3. The van der Waals surface area contributed by atoms with E-state index < -0.39 is 0 Å². The summed E-state index contributed by atoms with van der Waals surface area (Å²) in [7, 11) is 1.95. The van der Waals surface area contributed by atoms with E-state index in [0.717, 1.165) is 54.9 Å². The number of aromatic nitrogens is 3. The minimum Gasteiger partial charge on any atom is -0.388 e. The average Bonchev–Trinajstić information content (AvgIpc) is 3.28. The molecular formula is C23H30N4O. The lowest BCUT2D eigenvalue weighted by atomic mass is 9.76. The zero-order chi connectivity index (χ0) is 19.3. The summed E-state index contributed by atoms with van der Waals surface area (Å²) >= 11 is 0. The Balaban J connectivity index is 1.62. The number of fused-ring (bicyclic) bond motifs is 2. The Morgan fingerprint density at radius 1 is 1.25 bits per heavy atom. The second-order valence-corrected chi connectivity index (χ2v) is 9.12. The fourth-order valence-corrected chi connectivity index (χ4v) is 4.74. The van der Waals surface area contributed by atoms with Gasteiger partial charge in [-0.15, -0.1) is 0 Å². The summed E-state index contributed by atoms with van der Waals surface area (Å²) in [5.74, 6) is 0. The predicted molar refractivity (Wildman–Crippen MR) is 114 cm³/mol. The summed E-state index contributed by atoms with van der Waals surface area (Å²) in [6.07, 6.45) is 6.89.